The second-order valence-corrected chi connectivity index (χ2v) is 9.33. The van der Waals surface area contributed by atoms with Gasteiger partial charge in [-0.3, -0.25) is 10.1 Å². The van der Waals surface area contributed by atoms with Gasteiger partial charge in [-0.15, -0.1) is 0 Å². The number of nitrogens with zero attached hydrogens (tertiary/aromatic N) is 3. The minimum Gasteiger partial charge on any atom is -0.384 e. The van der Waals surface area contributed by atoms with Crippen LogP contribution in [0, 0.1) is 12.7 Å². The van der Waals surface area contributed by atoms with Crippen molar-refractivity contribution in [1.82, 2.24) is 14.7 Å². The van der Waals surface area contributed by atoms with Gasteiger partial charge in [0.05, 0.1) is 11.2 Å². The molecule has 4 rings (SSSR count). The lowest BCUT2D eigenvalue weighted by Gasteiger charge is -2.15. The van der Waals surface area contributed by atoms with E-state index in [4.69, 9.17) is 10.3 Å². The third-order valence-corrected chi connectivity index (χ3v) is 5.66. The Morgan fingerprint density at radius 3 is 2.54 bits per heavy atom. The molecule has 0 aliphatic rings. The largest absolute Gasteiger partial charge is 0.384 e. The molecule has 0 aliphatic heterocycles. The first-order chi connectivity index (χ1) is 16.5. The third kappa shape index (κ3) is 4.72. The molecule has 2 amide bonds. The lowest BCUT2D eigenvalue weighted by atomic mass is 9.93. The van der Waals surface area contributed by atoms with Gasteiger partial charge in [0.1, 0.15) is 17.4 Å². The van der Waals surface area contributed by atoms with Gasteiger partial charge < -0.3 is 20.1 Å². The molecule has 0 spiro atoms. The van der Waals surface area contributed by atoms with Crippen molar-refractivity contribution in [3.63, 3.8) is 0 Å². The predicted molar refractivity (Wildman–Crippen MR) is 134 cm³/mol. The van der Waals surface area contributed by atoms with Crippen molar-refractivity contribution < 1.29 is 13.7 Å². The van der Waals surface area contributed by atoms with E-state index >= 15 is 0 Å². The number of aryl methyl sites for hydroxylation is 2. The molecule has 1 aromatic carbocycles. The molecule has 0 fully saturated rings. The number of carbonyl (C=O) groups excluding carboxylic acids is 1. The maximum absolute atomic E-state index is 14.8. The molecule has 4 aromatic rings. The van der Waals surface area contributed by atoms with Gasteiger partial charge in [0.25, 0.3) is 5.56 Å². The minimum atomic E-state index is -0.698. The molecule has 0 saturated heterocycles. The number of nitrogens with one attached hydrogen (secondary N) is 2. The highest BCUT2D eigenvalue weighted by Crippen LogP contribution is 2.30. The number of benzene rings is 1. The number of amides is 2. The van der Waals surface area contributed by atoms with Crippen LogP contribution < -0.4 is 21.9 Å². The van der Waals surface area contributed by atoms with Crippen molar-refractivity contribution >= 4 is 34.3 Å². The summed E-state index contributed by atoms with van der Waals surface area (Å²) in [4.78, 5) is 30.0. The molecule has 0 atom stereocenters. The van der Waals surface area contributed by atoms with Crippen molar-refractivity contribution in [2.45, 2.75) is 46.6 Å². The van der Waals surface area contributed by atoms with Gasteiger partial charge in [-0.25, -0.2) is 14.2 Å². The monoisotopic (exact) mass is 478 g/mol. The van der Waals surface area contributed by atoms with Crippen LogP contribution in [0.15, 0.2) is 45.8 Å². The predicted octanol–water partition coefficient (Wildman–Crippen LogP) is 5.04. The zero-order valence-corrected chi connectivity index (χ0v) is 20.2. The molecular formula is C25H27FN6O3. The average molecular weight is 479 g/mol. The fourth-order valence-electron chi connectivity index (χ4n) is 3.81. The topological polar surface area (TPSA) is 128 Å². The van der Waals surface area contributed by atoms with E-state index in [1.54, 1.807) is 35.9 Å². The average Bonchev–Trinajstić information content (AvgIpc) is 3.24. The quantitative estimate of drug-likeness (QED) is 0.377. The second-order valence-electron chi connectivity index (χ2n) is 9.33. The number of hydrogen-bond donors (Lipinski definition) is 3. The fraction of sp³-hybridized carbons (Fsp3) is 0.280. The summed E-state index contributed by atoms with van der Waals surface area (Å²) in [6, 6.07) is 6.98. The maximum Gasteiger partial charge on any atom is 0.325 e. The van der Waals surface area contributed by atoms with Crippen LogP contribution >= 0.6 is 0 Å². The maximum atomic E-state index is 14.8. The number of rotatable bonds is 4. The highest BCUT2D eigenvalue weighted by atomic mass is 19.1. The molecular weight excluding hydrogens is 451 g/mol. The number of hydrogen-bond acceptors (Lipinski definition) is 6. The van der Waals surface area contributed by atoms with Crippen molar-refractivity contribution in [3.8, 4) is 11.1 Å². The van der Waals surface area contributed by atoms with Gasteiger partial charge in [-0.2, -0.15) is 0 Å². The number of anilines is 3. The van der Waals surface area contributed by atoms with Gasteiger partial charge in [0, 0.05) is 41.2 Å². The number of pyridine rings is 2. The Labute approximate surface area is 201 Å². The molecule has 0 saturated carbocycles. The van der Waals surface area contributed by atoms with Gasteiger partial charge >= 0.3 is 6.03 Å². The lowest BCUT2D eigenvalue weighted by molar-refractivity contribution is 0.261. The number of carbonyl (C=O) groups is 1. The van der Waals surface area contributed by atoms with Crippen LogP contribution in [0.4, 0.5) is 26.5 Å². The van der Waals surface area contributed by atoms with E-state index < -0.39 is 11.8 Å². The van der Waals surface area contributed by atoms with Crippen LogP contribution in [0.1, 0.15) is 39.0 Å². The number of aromatic nitrogens is 3. The highest BCUT2D eigenvalue weighted by Gasteiger charge is 2.21. The molecule has 10 heteroatoms. The molecule has 4 N–H and O–H groups in total. The molecule has 182 valence electrons. The highest BCUT2D eigenvalue weighted by molar-refractivity contribution is 6.00. The zero-order valence-electron chi connectivity index (χ0n) is 20.2. The smallest absolute Gasteiger partial charge is 0.325 e. The zero-order chi connectivity index (χ0) is 25.5. The van der Waals surface area contributed by atoms with Gasteiger partial charge in [0.2, 0.25) is 0 Å². The molecule has 0 unspecified atom stereocenters. The van der Waals surface area contributed by atoms with E-state index in [2.05, 4.69) is 20.8 Å². The molecule has 9 nitrogen and oxygen atoms in total. The van der Waals surface area contributed by atoms with Gasteiger partial charge in [-0.05, 0) is 43.2 Å². The number of nitrogens with two attached hydrogens (primary N) is 1. The first kappa shape index (κ1) is 23.9. The van der Waals surface area contributed by atoms with Crippen LogP contribution in [-0.4, -0.2) is 20.7 Å². The number of nitrogen functional groups attached to an aromatic ring is 1. The van der Waals surface area contributed by atoms with Crippen LogP contribution in [0.25, 0.3) is 22.0 Å². The lowest BCUT2D eigenvalue weighted by Crippen LogP contribution is -2.22. The summed E-state index contributed by atoms with van der Waals surface area (Å²) in [5, 5.41) is 9.58. The van der Waals surface area contributed by atoms with Crippen molar-refractivity contribution in [1.29, 1.82) is 0 Å². The van der Waals surface area contributed by atoms with Gasteiger partial charge in [-0.1, -0.05) is 25.9 Å². The standard InChI is InChI=1S/C25H27FN6O3/c1-6-32-19-10-21(27)28-12-14(19)8-16(23(32)33)15-9-18(17(26)7-13(15)2)29-24(34)30-22-11-20(35-31-22)25(3,4)5/h7-12H,6H2,1-5H3,(H2,27,28)(H2,29,30,31,34). The molecule has 0 aliphatic carbocycles. The molecule has 3 heterocycles. The van der Waals surface area contributed by atoms with Gasteiger partial charge in [0.15, 0.2) is 5.82 Å². The van der Waals surface area contributed by atoms with E-state index in [-0.39, 0.29) is 22.5 Å². The first-order valence-electron chi connectivity index (χ1n) is 11.1. The molecule has 35 heavy (non-hydrogen) atoms. The summed E-state index contributed by atoms with van der Waals surface area (Å²) < 4.78 is 21.6. The molecule has 0 bridgehead atoms. The second kappa shape index (κ2) is 8.86. The Kier molecular flexibility index (Phi) is 6.06. The van der Waals surface area contributed by atoms with Crippen molar-refractivity contribution in [2.75, 3.05) is 16.4 Å². The van der Waals surface area contributed by atoms with Crippen molar-refractivity contribution in [2.24, 2.45) is 0 Å². The summed E-state index contributed by atoms with van der Waals surface area (Å²) in [6.07, 6.45) is 1.59. The summed E-state index contributed by atoms with van der Waals surface area (Å²) in [6.45, 7) is 9.81. The SMILES string of the molecule is CCn1c(=O)c(-c2cc(NC(=O)Nc3cc(C(C)(C)C)on3)c(F)cc2C)cc2cnc(N)cc21. The van der Waals surface area contributed by atoms with Crippen molar-refractivity contribution in [3.05, 3.63) is 64.0 Å². The Bertz CT molecular complexity index is 1500. The number of fused-ring (bicyclic) bond motifs is 1. The molecule has 3 aromatic heterocycles. The Morgan fingerprint density at radius 1 is 1.14 bits per heavy atom. The molecule has 0 radical (unpaired) electrons. The van der Waals surface area contributed by atoms with Crippen LogP contribution in [0.3, 0.4) is 0 Å². The van der Waals surface area contributed by atoms with E-state index in [0.29, 0.717) is 45.7 Å². The summed E-state index contributed by atoms with van der Waals surface area (Å²) in [5.74, 6) is 0.468. The summed E-state index contributed by atoms with van der Waals surface area (Å²) in [5.41, 5.74) is 7.24. The third-order valence-electron chi connectivity index (χ3n) is 5.66. The summed E-state index contributed by atoms with van der Waals surface area (Å²) in [7, 11) is 0. The van der Waals surface area contributed by atoms with Crippen LogP contribution in [0.5, 0.6) is 0 Å². The van der Waals surface area contributed by atoms with Crippen LogP contribution in [0.2, 0.25) is 0 Å². The summed E-state index contributed by atoms with van der Waals surface area (Å²) >= 11 is 0. The van der Waals surface area contributed by atoms with E-state index in [0.717, 1.165) is 0 Å². The van der Waals surface area contributed by atoms with E-state index in [1.807, 2.05) is 27.7 Å². The van der Waals surface area contributed by atoms with E-state index in [9.17, 15) is 14.0 Å². The normalized spacial score (nSPS) is 11.6. The van der Waals surface area contributed by atoms with E-state index in [1.165, 1.54) is 12.1 Å². The Morgan fingerprint density at radius 2 is 1.89 bits per heavy atom. The Balaban J connectivity index is 1.70. The number of urea groups is 1. The first-order valence-corrected chi connectivity index (χ1v) is 11.1. The Hall–Kier alpha value is -4.21. The number of halogens is 1. The van der Waals surface area contributed by atoms with Crippen LogP contribution in [-0.2, 0) is 12.0 Å². The fourth-order valence-corrected chi connectivity index (χ4v) is 3.81. The minimum absolute atomic E-state index is 0.0828.